The van der Waals surface area contributed by atoms with E-state index in [9.17, 15) is 8.78 Å². The van der Waals surface area contributed by atoms with Crippen molar-refractivity contribution in [1.29, 1.82) is 5.26 Å². The number of halogens is 2. The van der Waals surface area contributed by atoms with E-state index in [1.807, 2.05) is 6.07 Å². The molecule has 0 fully saturated rings. The van der Waals surface area contributed by atoms with E-state index >= 15 is 0 Å². The van der Waals surface area contributed by atoms with E-state index in [-0.39, 0.29) is 11.4 Å². The predicted molar refractivity (Wildman–Crippen MR) is 69.9 cm³/mol. The Morgan fingerprint density at radius 3 is 2.42 bits per heavy atom. The van der Waals surface area contributed by atoms with Crippen molar-refractivity contribution >= 4 is 17.1 Å². The molecule has 0 unspecified atom stereocenters. The fourth-order valence-corrected chi connectivity index (χ4v) is 1.77. The van der Waals surface area contributed by atoms with Crippen LogP contribution in [0.1, 0.15) is 11.1 Å². The highest BCUT2D eigenvalue weighted by Crippen LogP contribution is 2.28. The van der Waals surface area contributed by atoms with Gasteiger partial charge in [-0.2, -0.15) is 5.26 Å². The third-order valence-electron chi connectivity index (χ3n) is 2.71. The number of nitrogens with two attached hydrogens (primary N) is 1. The van der Waals surface area contributed by atoms with Crippen molar-refractivity contribution in [3.8, 4) is 6.07 Å². The first-order valence-corrected chi connectivity index (χ1v) is 5.54. The lowest BCUT2D eigenvalue weighted by molar-refractivity contribution is 0.592. The van der Waals surface area contributed by atoms with Gasteiger partial charge in [-0.3, -0.25) is 0 Å². The summed E-state index contributed by atoms with van der Waals surface area (Å²) in [7, 11) is 0. The molecule has 0 saturated heterocycles. The Kier molecular flexibility index (Phi) is 3.34. The molecule has 2 aromatic carbocycles. The van der Waals surface area contributed by atoms with Gasteiger partial charge in [0.05, 0.1) is 11.3 Å². The summed E-state index contributed by atoms with van der Waals surface area (Å²) < 4.78 is 27.3. The number of nitrogens with zero attached hydrogens (tertiary/aromatic N) is 1. The largest absolute Gasteiger partial charge is 0.399 e. The summed E-state index contributed by atoms with van der Waals surface area (Å²) >= 11 is 0. The van der Waals surface area contributed by atoms with Crippen LogP contribution < -0.4 is 11.1 Å². The third kappa shape index (κ3) is 2.47. The minimum Gasteiger partial charge on any atom is -0.399 e. The lowest BCUT2D eigenvalue weighted by atomic mass is 10.1. The summed E-state index contributed by atoms with van der Waals surface area (Å²) in [6.07, 6.45) is 0. The van der Waals surface area contributed by atoms with Crippen LogP contribution in [-0.2, 0) is 0 Å². The number of nitrogens with one attached hydrogen (secondary N) is 1. The summed E-state index contributed by atoms with van der Waals surface area (Å²) in [6, 6.07) is 9.08. The number of nitriles is 1. The second kappa shape index (κ2) is 4.94. The number of benzene rings is 2. The zero-order valence-electron chi connectivity index (χ0n) is 10.2. The Morgan fingerprint density at radius 1 is 1.21 bits per heavy atom. The van der Waals surface area contributed by atoms with Crippen LogP contribution in [0.2, 0.25) is 0 Å². The Morgan fingerprint density at radius 2 is 1.84 bits per heavy atom. The van der Waals surface area contributed by atoms with Crippen LogP contribution >= 0.6 is 0 Å². The monoisotopic (exact) mass is 259 g/mol. The van der Waals surface area contributed by atoms with Crippen LogP contribution in [0.3, 0.4) is 0 Å². The summed E-state index contributed by atoms with van der Waals surface area (Å²) in [5.41, 5.74) is 6.45. The average molecular weight is 259 g/mol. The number of hydrogen-bond acceptors (Lipinski definition) is 3. The number of rotatable bonds is 2. The maximum atomic E-state index is 13.7. The first kappa shape index (κ1) is 12.8. The normalized spacial score (nSPS) is 10.0. The molecule has 3 nitrogen and oxygen atoms in total. The maximum absolute atomic E-state index is 13.7. The van der Waals surface area contributed by atoms with Gasteiger partial charge in [-0.05, 0) is 30.7 Å². The van der Waals surface area contributed by atoms with E-state index in [1.54, 1.807) is 25.1 Å². The molecule has 96 valence electrons. The summed E-state index contributed by atoms with van der Waals surface area (Å²) in [6.45, 7) is 1.75. The van der Waals surface area contributed by atoms with Crippen LogP contribution in [-0.4, -0.2) is 0 Å². The molecule has 0 aliphatic heterocycles. The standard InChI is InChI=1S/C14H11F2N3/c1-8-3-2-4-13(10(8)7-17)19-14-11(15)5-9(18)6-12(14)16/h2-6,19H,18H2,1H3. The predicted octanol–water partition coefficient (Wildman–Crippen LogP) is 3.47. The van der Waals surface area contributed by atoms with Gasteiger partial charge in [-0.25, -0.2) is 8.78 Å². The van der Waals surface area contributed by atoms with E-state index < -0.39 is 11.6 Å². The maximum Gasteiger partial charge on any atom is 0.151 e. The first-order valence-electron chi connectivity index (χ1n) is 5.54. The average Bonchev–Trinajstić information content (AvgIpc) is 2.34. The van der Waals surface area contributed by atoms with E-state index in [0.717, 1.165) is 17.7 Å². The fraction of sp³-hybridized carbons (Fsp3) is 0.0714. The van der Waals surface area contributed by atoms with E-state index in [4.69, 9.17) is 11.0 Å². The lowest BCUT2D eigenvalue weighted by Crippen LogP contribution is -2.01. The van der Waals surface area contributed by atoms with Crippen molar-refractivity contribution in [2.24, 2.45) is 0 Å². The van der Waals surface area contributed by atoms with Gasteiger partial charge in [0.15, 0.2) is 11.6 Å². The molecule has 0 heterocycles. The van der Waals surface area contributed by atoms with Gasteiger partial charge in [-0.15, -0.1) is 0 Å². The van der Waals surface area contributed by atoms with Crippen LogP contribution in [0.15, 0.2) is 30.3 Å². The Bertz CT molecular complexity index is 652. The molecule has 0 aliphatic rings. The molecule has 5 heteroatoms. The van der Waals surface area contributed by atoms with Crippen LogP contribution in [0, 0.1) is 29.9 Å². The zero-order valence-corrected chi connectivity index (χ0v) is 10.2. The number of anilines is 3. The van der Waals surface area contributed by atoms with Gasteiger partial charge < -0.3 is 11.1 Å². The highest BCUT2D eigenvalue weighted by Gasteiger charge is 2.13. The molecule has 0 spiro atoms. The number of nitrogen functional groups attached to an aromatic ring is 1. The molecule has 0 amide bonds. The molecule has 0 atom stereocenters. The van der Waals surface area contributed by atoms with Gasteiger partial charge >= 0.3 is 0 Å². The van der Waals surface area contributed by atoms with Gasteiger partial charge in [-0.1, -0.05) is 12.1 Å². The highest BCUT2D eigenvalue weighted by atomic mass is 19.1. The summed E-state index contributed by atoms with van der Waals surface area (Å²) in [4.78, 5) is 0. The number of hydrogen-bond donors (Lipinski definition) is 2. The first-order chi connectivity index (χ1) is 9.02. The molecule has 0 aliphatic carbocycles. The van der Waals surface area contributed by atoms with Crippen molar-refractivity contribution in [2.75, 3.05) is 11.1 Å². The van der Waals surface area contributed by atoms with Gasteiger partial charge in [0, 0.05) is 5.69 Å². The molecule has 3 N–H and O–H groups in total. The van der Waals surface area contributed by atoms with Crippen molar-refractivity contribution in [1.82, 2.24) is 0 Å². The Labute approximate surface area is 109 Å². The van der Waals surface area contributed by atoms with Crippen molar-refractivity contribution in [2.45, 2.75) is 6.92 Å². The van der Waals surface area contributed by atoms with Crippen molar-refractivity contribution < 1.29 is 8.78 Å². The van der Waals surface area contributed by atoms with E-state index in [2.05, 4.69) is 5.32 Å². The smallest absolute Gasteiger partial charge is 0.151 e. The Balaban J connectivity index is 2.49. The third-order valence-corrected chi connectivity index (χ3v) is 2.71. The molecule has 2 rings (SSSR count). The van der Waals surface area contributed by atoms with Crippen LogP contribution in [0.25, 0.3) is 0 Å². The second-order valence-electron chi connectivity index (χ2n) is 4.09. The fourth-order valence-electron chi connectivity index (χ4n) is 1.77. The lowest BCUT2D eigenvalue weighted by Gasteiger charge is -2.12. The molecule has 0 aromatic heterocycles. The molecular formula is C14H11F2N3. The topological polar surface area (TPSA) is 61.8 Å². The quantitative estimate of drug-likeness (QED) is 0.812. The van der Waals surface area contributed by atoms with Crippen LogP contribution in [0.5, 0.6) is 0 Å². The second-order valence-corrected chi connectivity index (χ2v) is 4.09. The van der Waals surface area contributed by atoms with Crippen molar-refractivity contribution in [3.63, 3.8) is 0 Å². The molecule has 0 radical (unpaired) electrons. The van der Waals surface area contributed by atoms with Gasteiger partial charge in [0.25, 0.3) is 0 Å². The van der Waals surface area contributed by atoms with Gasteiger partial charge in [0.2, 0.25) is 0 Å². The molecule has 19 heavy (non-hydrogen) atoms. The highest BCUT2D eigenvalue weighted by molar-refractivity contribution is 5.70. The number of aryl methyl sites for hydroxylation is 1. The molecule has 2 aromatic rings. The van der Waals surface area contributed by atoms with Crippen LogP contribution in [0.4, 0.5) is 25.8 Å². The van der Waals surface area contributed by atoms with Gasteiger partial charge in [0.1, 0.15) is 11.8 Å². The summed E-state index contributed by atoms with van der Waals surface area (Å²) in [5, 5.41) is 11.7. The van der Waals surface area contributed by atoms with Crippen molar-refractivity contribution in [3.05, 3.63) is 53.1 Å². The molecule has 0 saturated carbocycles. The SMILES string of the molecule is Cc1cccc(Nc2c(F)cc(N)cc2F)c1C#N. The zero-order chi connectivity index (χ0) is 14.0. The van der Waals surface area contributed by atoms with E-state index in [0.29, 0.717) is 11.3 Å². The Hall–Kier alpha value is -2.61. The van der Waals surface area contributed by atoms with E-state index in [1.165, 1.54) is 0 Å². The minimum atomic E-state index is -0.803. The summed E-state index contributed by atoms with van der Waals surface area (Å²) in [5.74, 6) is -1.61. The molecule has 0 bridgehead atoms. The minimum absolute atomic E-state index is 0.00491. The molecular weight excluding hydrogens is 248 g/mol.